The number of fused-ring (bicyclic) bond motifs is 1. The quantitative estimate of drug-likeness (QED) is 0.200. The third kappa shape index (κ3) is 5.24. The highest BCUT2D eigenvalue weighted by Gasteiger charge is 2.33. The predicted molar refractivity (Wildman–Crippen MR) is 130 cm³/mol. The zero-order valence-electron chi connectivity index (χ0n) is 19.5. The number of ether oxygens (including phenoxy) is 1. The van der Waals surface area contributed by atoms with Gasteiger partial charge in [0.1, 0.15) is 17.0 Å². The molecule has 0 spiro atoms. The average Bonchev–Trinajstić information content (AvgIpc) is 2.89. The average molecular weight is 526 g/mol. The summed E-state index contributed by atoms with van der Waals surface area (Å²) in [6, 6.07) is 14.5. The first kappa shape index (κ1) is 26.1. The number of nitrogens with one attached hydrogen (secondary N) is 1. The molecule has 0 bridgehead atoms. The van der Waals surface area contributed by atoms with E-state index >= 15 is 0 Å². The molecule has 12 heteroatoms. The number of carbonyl (C=O) groups is 2. The van der Waals surface area contributed by atoms with Crippen molar-refractivity contribution < 1.29 is 36.8 Å². The lowest BCUT2D eigenvalue weighted by Gasteiger charge is -2.11. The van der Waals surface area contributed by atoms with Gasteiger partial charge in [-0.15, -0.1) is 0 Å². The number of hydrogen-bond acceptors (Lipinski definition) is 7. The number of nitro benzene ring substituents is 1. The molecule has 4 rings (SSSR count). The SMILES string of the molecule is Cc1c(-c2ccccc2)oc2c(C(=O)OCC(=O)Nc3ccc(C(F)(F)F)cc3[N+](=O)[O-])cccc2c1=O. The van der Waals surface area contributed by atoms with Crippen molar-refractivity contribution >= 4 is 34.2 Å². The minimum absolute atomic E-state index is 0.0641. The Morgan fingerprint density at radius 3 is 2.42 bits per heavy atom. The van der Waals surface area contributed by atoms with Crippen molar-refractivity contribution in [1.29, 1.82) is 0 Å². The number of nitrogens with zero attached hydrogens (tertiary/aromatic N) is 1. The summed E-state index contributed by atoms with van der Waals surface area (Å²) in [6.45, 7) is 0.665. The number of rotatable bonds is 6. The first-order chi connectivity index (χ1) is 18.0. The molecule has 4 aromatic rings. The number of amides is 1. The molecule has 3 aromatic carbocycles. The molecule has 1 heterocycles. The Labute approximate surface area is 211 Å². The summed E-state index contributed by atoms with van der Waals surface area (Å²) in [6.07, 6.45) is -4.82. The lowest BCUT2D eigenvalue weighted by molar-refractivity contribution is -0.384. The van der Waals surface area contributed by atoms with Crippen LogP contribution in [-0.4, -0.2) is 23.4 Å². The van der Waals surface area contributed by atoms with Crippen LogP contribution in [0.25, 0.3) is 22.3 Å². The van der Waals surface area contributed by atoms with Crippen LogP contribution in [0.2, 0.25) is 0 Å². The molecule has 0 aliphatic carbocycles. The van der Waals surface area contributed by atoms with E-state index in [9.17, 15) is 37.7 Å². The molecule has 194 valence electrons. The van der Waals surface area contributed by atoms with Gasteiger partial charge in [-0.1, -0.05) is 36.4 Å². The summed E-state index contributed by atoms with van der Waals surface area (Å²) in [5.41, 5.74) is -2.42. The number of hydrogen-bond donors (Lipinski definition) is 1. The van der Waals surface area contributed by atoms with E-state index in [0.29, 0.717) is 17.2 Å². The second-order valence-corrected chi connectivity index (χ2v) is 8.04. The van der Waals surface area contributed by atoms with E-state index < -0.39 is 46.5 Å². The maximum Gasteiger partial charge on any atom is 0.416 e. The van der Waals surface area contributed by atoms with Gasteiger partial charge in [0, 0.05) is 17.2 Å². The maximum absolute atomic E-state index is 12.9. The minimum atomic E-state index is -4.82. The summed E-state index contributed by atoms with van der Waals surface area (Å²) in [4.78, 5) is 48.2. The van der Waals surface area contributed by atoms with Gasteiger partial charge in [0.2, 0.25) is 0 Å². The molecule has 0 saturated carbocycles. The number of anilines is 1. The fourth-order valence-electron chi connectivity index (χ4n) is 3.70. The number of alkyl halides is 3. The predicted octanol–water partition coefficient (Wildman–Crippen LogP) is 5.49. The topological polar surface area (TPSA) is 129 Å². The zero-order chi connectivity index (χ0) is 27.6. The molecule has 1 N–H and O–H groups in total. The van der Waals surface area contributed by atoms with E-state index in [-0.39, 0.29) is 33.8 Å². The van der Waals surface area contributed by atoms with Crippen LogP contribution in [0, 0.1) is 17.0 Å². The second kappa shape index (κ2) is 10.2. The maximum atomic E-state index is 12.9. The van der Waals surface area contributed by atoms with Crippen LogP contribution in [0.3, 0.4) is 0 Å². The molecule has 0 unspecified atom stereocenters. The van der Waals surface area contributed by atoms with Crippen molar-refractivity contribution in [1.82, 2.24) is 0 Å². The molecule has 0 aliphatic heterocycles. The molecule has 1 amide bonds. The zero-order valence-corrected chi connectivity index (χ0v) is 19.5. The van der Waals surface area contributed by atoms with Crippen LogP contribution >= 0.6 is 0 Å². The number of halogens is 3. The van der Waals surface area contributed by atoms with Crippen molar-refractivity contribution in [3.63, 3.8) is 0 Å². The van der Waals surface area contributed by atoms with Gasteiger partial charge in [0.05, 0.1) is 15.9 Å². The first-order valence-electron chi connectivity index (χ1n) is 10.9. The monoisotopic (exact) mass is 526 g/mol. The summed E-state index contributed by atoms with van der Waals surface area (Å²) < 4.78 is 49.6. The van der Waals surface area contributed by atoms with E-state index in [1.165, 1.54) is 18.2 Å². The van der Waals surface area contributed by atoms with Gasteiger partial charge < -0.3 is 14.5 Å². The highest BCUT2D eigenvalue weighted by atomic mass is 19.4. The summed E-state index contributed by atoms with van der Waals surface area (Å²) >= 11 is 0. The van der Waals surface area contributed by atoms with Gasteiger partial charge in [-0.2, -0.15) is 13.2 Å². The van der Waals surface area contributed by atoms with E-state index in [1.54, 1.807) is 37.3 Å². The largest absolute Gasteiger partial charge is 0.455 e. The molecule has 0 atom stereocenters. The standard InChI is InChI=1S/C26H17F3N2O7/c1-14-22(33)17-8-5-9-18(24(17)38-23(14)15-6-3-2-4-7-15)25(34)37-13-21(32)30-19-11-10-16(26(27,28)29)12-20(19)31(35)36/h2-12H,13H2,1H3,(H,30,32). The highest BCUT2D eigenvalue weighted by molar-refractivity contribution is 6.03. The minimum Gasteiger partial charge on any atom is -0.455 e. The Morgan fingerprint density at radius 2 is 1.76 bits per heavy atom. The van der Waals surface area contributed by atoms with Gasteiger partial charge in [-0.3, -0.25) is 19.7 Å². The molecule has 0 saturated heterocycles. The normalized spacial score (nSPS) is 11.3. The fraction of sp³-hybridized carbons (Fsp3) is 0.115. The van der Waals surface area contributed by atoms with Gasteiger partial charge in [0.15, 0.2) is 17.6 Å². The Balaban J connectivity index is 1.57. The summed E-state index contributed by atoms with van der Waals surface area (Å²) in [5.74, 6) is -1.82. The third-order valence-electron chi connectivity index (χ3n) is 5.53. The van der Waals surface area contributed by atoms with Gasteiger partial charge >= 0.3 is 12.1 Å². The van der Waals surface area contributed by atoms with E-state index in [4.69, 9.17) is 9.15 Å². The lowest BCUT2D eigenvalue weighted by Crippen LogP contribution is -2.22. The smallest absolute Gasteiger partial charge is 0.416 e. The molecule has 9 nitrogen and oxygen atoms in total. The second-order valence-electron chi connectivity index (χ2n) is 8.04. The van der Waals surface area contributed by atoms with E-state index in [0.717, 1.165) is 6.07 Å². The Bertz CT molecular complexity index is 1630. The van der Waals surface area contributed by atoms with Crippen LogP contribution in [0.4, 0.5) is 24.5 Å². The van der Waals surface area contributed by atoms with Crippen molar-refractivity contribution in [2.45, 2.75) is 13.1 Å². The van der Waals surface area contributed by atoms with Crippen LogP contribution < -0.4 is 10.7 Å². The van der Waals surface area contributed by atoms with Crippen LogP contribution in [0.1, 0.15) is 21.5 Å². The first-order valence-corrected chi connectivity index (χ1v) is 10.9. The van der Waals surface area contributed by atoms with Crippen molar-refractivity contribution in [3.05, 3.63) is 104 Å². The van der Waals surface area contributed by atoms with Gasteiger partial charge in [-0.25, -0.2) is 4.79 Å². The number of esters is 1. The molecule has 0 fully saturated rings. The van der Waals surface area contributed by atoms with Crippen molar-refractivity contribution in [2.24, 2.45) is 0 Å². The van der Waals surface area contributed by atoms with Crippen LogP contribution in [-0.2, 0) is 15.7 Å². The number of benzene rings is 3. The molecule has 1 aromatic heterocycles. The molecular weight excluding hydrogens is 509 g/mol. The Kier molecular flexibility index (Phi) is 6.98. The lowest BCUT2D eigenvalue weighted by atomic mass is 10.0. The van der Waals surface area contributed by atoms with Crippen molar-refractivity contribution in [2.75, 3.05) is 11.9 Å². The van der Waals surface area contributed by atoms with Gasteiger partial charge in [-0.05, 0) is 31.2 Å². The van der Waals surface area contributed by atoms with E-state index in [2.05, 4.69) is 5.32 Å². The molecule has 38 heavy (non-hydrogen) atoms. The van der Waals surface area contributed by atoms with E-state index in [1.807, 2.05) is 0 Å². The van der Waals surface area contributed by atoms with Crippen LogP contribution in [0.5, 0.6) is 0 Å². The van der Waals surface area contributed by atoms with Gasteiger partial charge in [0.25, 0.3) is 11.6 Å². The van der Waals surface area contributed by atoms with Crippen LogP contribution in [0.15, 0.2) is 75.9 Å². The Morgan fingerprint density at radius 1 is 1.05 bits per heavy atom. The Hall–Kier alpha value is -5.00. The number of carbonyl (C=O) groups excluding carboxylic acids is 2. The highest BCUT2D eigenvalue weighted by Crippen LogP contribution is 2.35. The molecule has 0 aliphatic rings. The van der Waals surface area contributed by atoms with Crippen molar-refractivity contribution in [3.8, 4) is 11.3 Å². The molecular formula is C26H17F3N2O7. The number of para-hydroxylation sites is 1. The molecule has 0 radical (unpaired) electrons. The third-order valence-corrected chi connectivity index (χ3v) is 5.53. The summed E-state index contributed by atoms with van der Waals surface area (Å²) in [5, 5.41) is 13.4. The fourth-order valence-corrected chi connectivity index (χ4v) is 3.70. The summed E-state index contributed by atoms with van der Waals surface area (Å²) in [7, 11) is 0. The number of nitro groups is 1.